The summed E-state index contributed by atoms with van der Waals surface area (Å²) < 4.78 is 29.4. The van der Waals surface area contributed by atoms with Gasteiger partial charge in [-0.15, -0.1) is 0 Å². The van der Waals surface area contributed by atoms with Crippen molar-refractivity contribution >= 4 is 50.7 Å². The zero-order valence-electron chi connectivity index (χ0n) is 25.6. The first kappa shape index (κ1) is 33.5. The lowest BCUT2D eigenvalue weighted by molar-refractivity contribution is -0.140. The van der Waals surface area contributed by atoms with E-state index < -0.39 is 28.5 Å². The normalized spacial score (nSPS) is 14.1. The molecule has 0 bridgehead atoms. The van der Waals surface area contributed by atoms with Crippen LogP contribution in [0.3, 0.4) is 0 Å². The predicted molar refractivity (Wildman–Crippen MR) is 183 cm³/mol. The van der Waals surface area contributed by atoms with Crippen molar-refractivity contribution < 1.29 is 18.0 Å². The van der Waals surface area contributed by atoms with Crippen LogP contribution in [0.25, 0.3) is 0 Å². The Kier molecular flexibility index (Phi) is 11.0. The summed E-state index contributed by atoms with van der Waals surface area (Å²) in [6.45, 7) is 1.23. The number of carbonyl (C=O) groups excluding carboxylic acids is 2. The van der Waals surface area contributed by atoms with E-state index in [2.05, 4.69) is 5.32 Å². The number of nitrogens with one attached hydrogen (secondary N) is 1. The van der Waals surface area contributed by atoms with Crippen LogP contribution in [0, 0.1) is 6.92 Å². The molecule has 1 aliphatic carbocycles. The Morgan fingerprint density at radius 2 is 1.50 bits per heavy atom. The minimum Gasteiger partial charge on any atom is -0.352 e. The number of sulfonamides is 1. The quantitative estimate of drug-likeness (QED) is 0.172. The van der Waals surface area contributed by atoms with Crippen molar-refractivity contribution in [2.75, 3.05) is 10.8 Å². The molecule has 0 aromatic heterocycles. The Hall–Kier alpha value is -3.85. The van der Waals surface area contributed by atoms with Crippen molar-refractivity contribution in [3.63, 3.8) is 0 Å². The minimum absolute atomic E-state index is 0.0174. The maximum atomic E-state index is 14.6. The second kappa shape index (κ2) is 15.2. The molecule has 4 aromatic rings. The smallest absolute Gasteiger partial charge is 0.264 e. The van der Waals surface area contributed by atoms with Gasteiger partial charge in [-0.2, -0.15) is 0 Å². The highest BCUT2D eigenvalue weighted by Crippen LogP contribution is 2.29. The number of aryl methyl sites for hydroxylation is 1. The standard InChI is InChI=1S/C36H37Cl2N3O4S/c1-26-12-8-11-19-33(26)41(46(44,45)31-17-6-3-7-18-31)25-35(42)40(24-28-20-21-29(37)23-32(28)38)34(22-27-13-4-2-5-14-27)36(43)39-30-15-9-10-16-30/h2-8,11-14,17-21,23,30,34H,9-10,15-16,22,24-25H2,1H3,(H,39,43)/t34-/m0/s1. The van der Waals surface area contributed by atoms with Crippen LogP contribution in [0.1, 0.15) is 42.4 Å². The summed E-state index contributed by atoms with van der Waals surface area (Å²) in [6.07, 6.45) is 4.03. The van der Waals surface area contributed by atoms with E-state index in [1.165, 1.54) is 17.0 Å². The molecule has 240 valence electrons. The fraction of sp³-hybridized carbons (Fsp3) is 0.278. The average molecular weight is 679 g/mol. The summed E-state index contributed by atoms with van der Waals surface area (Å²) in [7, 11) is -4.17. The van der Waals surface area contributed by atoms with E-state index in [4.69, 9.17) is 23.2 Å². The summed E-state index contributed by atoms with van der Waals surface area (Å²) in [5.74, 6) is -0.834. The van der Waals surface area contributed by atoms with Crippen LogP contribution in [0.15, 0.2) is 108 Å². The molecule has 1 atom stereocenters. The van der Waals surface area contributed by atoms with Gasteiger partial charge in [-0.05, 0) is 66.8 Å². The van der Waals surface area contributed by atoms with Gasteiger partial charge in [0.25, 0.3) is 10.0 Å². The number of nitrogens with zero attached hydrogens (tertiary/aromatic N) is 2. The minimum atomic E-state index is -4.17. The molecular weight excluding hydrogens is 641 g/mol. The Bertz CT molecular complexity index is 1760. The van der Waals surface area contributed by atoms with Gasteiger partial charge in [0.15, 0.2) is 0 Å². The number of hydrogen-bond acceptors (Lipinski definition) is 4. The summed E-state index contributed by atoms with van der Waals surface area (Å²) >= 11 is 12.8. The summed E-state index contributed by atoms with van der Waals surface area (Å²) in [4.78, 5) is 30.3. The molecule has 0 radical (unpaired) electrons. The number of benzene rings is 4. The first-order valence-electron chi connectivity index (χ1n) is 15.3. The second-order valence-electron chi connectivity index (χ2n) is 11.6. The Morgan fingerprint density at radius 3 is 2.15 bits per heavy atom. The van der Waals surface area contributed by atoms with Crippen LogP contribution < -0.4 is 9.62 Å². The largest absolute Gasteiger partial charge is 0.352 e. The topological polar surface area (TPSA) is 86.8 Å². The zero-order valence-corrected chi connectivity index (χ0v) is 27.9. The molecule has 1 aliphatic rings. The van der Waals surface area contributed by atoms with Gasteiger partial charge in [0.1, 0.15) is 12.6 Å². The lowest BCUT2D eigenvalue weighted by atomic mass is 10.0. The van der Waals surface area contributed by atoms with Gasteiger partial charge in [0.2, 0.25) is 11.8 Å². The third kappa shape index (κ3) is 8.10. The third-order valence-corrected chi connectivity index (χ3v) is 10.7. The van der Waals surface area contributed by atoms with Crippen molar-refractivity contribution in [1.29, 1.82) is 0 Å². The molecule has 1 saturated carbocycles. The van der Waals surface area contributed by atoms with Crippen LogP contribution in [-0.4, -0.2) is 43.8 Å². The monoisotopic (exact) mass is 677 g/mol. The lowest BCUT2D eigenvalue weighted by Crippen LogP contribution is -2.54. The van der Waals surface area contributed by atoms with Gasteiger partial charge in [-0.3, -0.25) is 13.9 Å². The number of rotatable bonds is 12. The highest BCUT2D eigenvalue weighted by atomic mass is 35.5. The van der Waals surface area contributed by atoms with Gasteiger partial charge < -0.3 is 10.2 Å². The van der Waals surface area contributed by atoms with Crippen molar-refractivity contribution in [3.8, 4) is 0 Å². The Labute approximate surface area is 281 Å². The second-order valence-corrected chi connectivity index (χ2v) is 14.3. The zero-order chi connectivity index (χ0) is 32.7. The van der Waals surface area contributed by atoms with Gasteiger partial charge in [0.05, 0.1) is 10.6 Å². The third-order valence-electron chi connectivity index (χ3n) is 8.32. The van der Waals surface area contributed by atoms with Crippen LogP contribution in [0.5, 0.6) is 0 Å². The SMILES string of the molecule is Cc1ccccc1N(CC(=O)N(Cc1ccc(Cl)cc1Cl)[C@@H](Cc1ccccc1)C(=O)NC1CCCC1)S(=O)(=O)c1ccccc1. The maximum Gasteiger partial charge on any atom is 0.264 e. The highest BCUT2D eigenvalue weighted by Gasteiger charge is 2.36. The molecular formula is C36H37Cl2N3O4S. The van der Waals surface area contributed by atoms with E-state index in [1.54, 1.807) is 61.5 Å². The number of para-hydroxylation sites is 1. The van der Waals surface area contributed by atoms with Gasteiger partial charge in [0, 0.05) is 29.1 Å². The number of amides is 2. The first-order valence-corrected chi connectivity index (χ1v) is 17.5. The summed E-state index contributed by atoms with van der Waals surface area (Å²) in [6, 6.07) is 28.6. The molecule has 2 amide bonds. The van der Waals surface area contributed by atoms with E-state index in [0.717, 1.165) is 35.6 Å². The van der Waals surface area contributed by atoms with Crippen molar-refractivity contribution in [1.82, 2.24) is 10.2 Å². The van der Waals surface area contributed by atoms with E-state index in [0.29, 0.717) is 26.9 Å². The van der Waals surface area contributed by atoms with Crippen molar-refractivity contribution in [2.24, 2.45) is 0 Å². The number of halogens is 2. The van der Waals surface area contributed by atoms with E-state index in [1.807, 2.05) is 36.4 Å². The van der Waals surface area contributed by atoms with E-state index in [9.17, 15) is 18.0 Å². The van der Waals surface area contributed by atoms with Crippen LogP contribution in [0.2, 0.25) is 10.0 Å². The Morgan fingerprint density at radius 1 is 0.870 bits per heavy atom. The van der Waals surface area contributed by atoms with Crippen LogP contribution >= 0.6 is 23.2 Å². The summed E-state index contributed by atoms with van der Waals surface area (Å²) in [5.41, 5.74) is 2.50. The average Bonchev–Trinajstić information content (AvgIpc) is 3.56. The van der Waals surface area contributed by atoms with Crippen LogP contribution in [0.4, 0.5) is 5.69 Å². The van der Waals surface area contributed by atoms with Gasteiger partial charge in [-0.25, -0.2) is 8.42 Å². The molecule has 46 heavy (non-hydrogen) atoms. The molecule has 10 heteroatoms. The van der Waals surface area contributed by atoms with Crippen molar-refractivity contribution in [3.05, 3.63) is 130 Å². The first-order chi connectivity index (χ1) is 22.1. The molecule has 4 aromatic carbocycles. The molecule has 0 heterocycles. The molecule has 1 N–H and O–H groups in total. The number of hydrogen-bond donors (Lipinski definition) is 1. The van der Waals surface area contributed by atoms with E-state index in [-0.39, 0.29) is 29.8 Å². The fourth-order valence-corrected chi connectivity index (χ4v) is 7.80. The highest BCUT2D eigenvalue weighted by molar-refractivity contribution is 7.92. The maximum absolute atomic E-state index is 14.6. The van der Waals surface area contributed by atoms with Gasteiger partial charge in [-0.1, -0.05) is 109 Å². The molecule has 1 fully saturated rings. The molecule has 0 unspecified atom stereocenters. The predicted octanol–water partition coefficient (Wildman–Crippen LogP) is 7.20. The molecule has 7 nitrogen and oxygen atoms in total. The summed E-state index contributed by atoms with van der Waals surface area (Å²) in [5, 5.41) is 3.95. The van der Waals surface area contributed by atoms with Crippen LogP contribution in [-0.2, 0) is 32.6 Å². The Balaban J connectivity index is 1.58. The van der Waals surface area contributed by atoms with Gasteiger partial charge >= 0.3 is 0 Å². The molecule has 0 aliphatic heterocycles. The molecule has 0 spiro atoms. The number of carbonyl (C=O) groups is 2. The molecule has 0 saturated heterocycles. The lowest BCUT2D eigenvalue weighted by Gasteiger charge is -2.34. The fourth-order valence-electron chi connectivity index (χ4n) is 5.83. The van der Waals surface area contributed by atoms with E-state index >= 15 is 0 Å². The number of anilines is 1. The van der Waals surface area contributed by atoms with Crippen molar-refractivity contribution in [2.45, 2.75) is 62.6 Å². The molecule has 5 rings (SSSR count).